The van der Waals surface area contributed by atoms with E-state index in [4.69, 9.17) is 0 Å². The number of nitrogens with one attached hydrogen (secondary N) is 2. The van der Waals surface area contributed by atoms with Crippen molar-refractivity contribution in [1.82, 2.24) is 10.0 Å². The fourth-order valence-corrected chi connectivity index (χ4v) is 2.51. The Balaban J connectivity index is 2.57. The minimum Gasteiger partial charge on any atom is -0.356 e. The molecule has 1 amide bonds. The van der Waals surface area contributed by atoms with Gasteiger partial charge in [-0.3, -0.25) is 14.9 Å². The average Bonchev–Trinajstić information content (AvgIpc) is 2.45. The molecule has 21 heavy (non-hydrogen) atoms. The summed E-state index contributed by atoms with van der Waals surface area (Å²) in [5.74, 6) is -0.233. The second-order valence-corrected chi connectivity index (χ2v) is 6.02. The van der Waals surface area contributed by atoms with Crippen molar-refractivity contribution in [3.05, 3.63) is 34.4 Å². The van der Waals surface area contributed by atoms with Crippen molar-refractivity contribution >= 4 is 21.6 Å². The number of non-ortho nitro benzene ring substituents is 1. The second kappa shape index (κ2) is 7.70. The van der Waals surface area contributed by atoms with Crippen molar-refractivity contribution in [3.63, 3.8) is 0 Å². The number of benzene rings is 1. The fourth-order valence-electron chi connectivity index (χ4n) is 1.48. The smallest absolute Gasteiger partial charge is 0.269 e. The van der Waals surface area contributed by atoms with Gasteiger partial charge in [-0.2, -0.15) is 0 Å². The van der Waals surface area contributed by atoms with Gasteiger partial charge in [0.15, 0.2) is 0 Å². The van der Waals surface area contributed by atoms with Crippen LogP contribution in [0.2, 0.25) is 0 Å². The molecule has 0 bridgehead atoms. The van der Waals surface area contributed by atoms with Gasteiger partial charge in [0.1, 0.15) is 0 Å². The monoisotopic (exact) mass is 315 g/mol. The van der Waals surface area contributed by atoms with Crippen LogP contribution < -0.4 is 10.0 Å². The molecule has 0 aliphatic heterocycles. The lowest BCUT2D eigenvalue weighted by Crippen LogP contribution is -2.31. The summed E-state index contributed by atoms with van der Waals surface area (Å²) in [4.78, 5) is 21.1. The first-order valence-corrected chi connectivity index (χ1v) is 7.86. The molecule has 0 spiro atoms. The van der Waals surface area contributed by atoms with E-state index in [2.05, 4.69) is 10.0 Å². The van der Waals surface area contributed by atoms with Crippen LogP contribution in [0.25, 0.3) is 0 Å². The first kappa shape index (κ1) is 17.1. The number of nitro benzene ring substituents is 1. The van der Waals surface area contributed by atoms with Gasteiger partial charge in [-0.1, -0.05) is 6.92 Å². The van der Waals surface area contributed by atoms with Crippen LogP contribution in [-0.4, -0.2) is 32.3 Å². The van der Waals surface area contributed by atoms with Crippen LogP contribution in [0.4, 0.5) is 5.69 Å². The minimum atomic E-state index is -3.77. The van der Waals surface area contributed by atoms with Crippen LogP contribution in [-0.2, 0) is 14.8 Å². The van der Waals surface area contributed by atoms with Gasteiger partial charge in [-0.25, -0.2) is 13.1 Å². The second-order valence-electron chi connectivity index (χ2n) is 4.25. The van der Waals surface area contributed by atoms with Gasteiger partial charge in [0.05, 0.1) is 9.82 Å². The van der Waals surface area contributed by atoms with Gasteiger partial charge in [0.25, 0.3) is 5.69 Å². The van der Waals surface area contributed by atoms with Crippen molar-refractivity contribution < 1.29 is 18.1 Å². The lowest BCUT2D eigenvalue weighted by atomic mass is 10.3. The molecule has 0 radical (unpaired) electrons. The Kier molecular flexibility index (Phi) is 6.25. The van der Waals surface area contributed by atoms with Crippen molar-refractivity contribution in [3.8, 4) is 0 Å². The summed E-state index contributed by atoms with van der Waals surface area (Å²) in [7, 11) is -3.77. The van der Waals surface area contributed by atoms with E-state index in [1.165, 1.54) is 0 Å². The molecular weight excluding hydrogens is 298 g/mol. The number of carbonyl (C=O) groups excluding carboxylic acids is 1. The predicted molar refractivity (Wildman–Crippen MR) is 76.2 cm³/mol. The number of nitrogens with zero attached hydrogens (tertiary/aromatic N) is 1. The number of hydrogen-bond acceptors (Lipinski definition) is 5. The lowest BCUT2D eigenvalue weighted by Gasteiger charge is -2.07. The van der Waals surface area contributed by atoms with Gasteiger partial charge in [-0.15, -0.1) is 0 Å². The molecule has 116 valence electrons. The molecule has 9 heteroatoms. The summed E-state index contributed by atoms with van der Waals surface area (Å²) < 4.78 is 26.1. The summed E-state index contributed by atoms with van der Waals surface area (Å²) in [5.41, 5.74) is -0.187. The van der Waals surface area contributed by atoms with E-state index in [1.54, 1.807) is 0 Å². The third kappa shape index (κ3) is 5.48. The van der Waals surface area contributed by atoms with E-state index in [-0.39, 0.29) is 29.5 Å². The molecule has 1 rings (SSSR count). The first-order chi connectivity index (χ1) is 9.86. The van der Waals surface area contributed by atoms with Crippen molar-refractivity contribution in [2.75, 3.05) is 13.1 Å². The molecule has 8 nitrogen and oxygen atoms in total. The third-order valence-corrected chi connectivity index (χ3v) is 4.05. The summed E-state index contributed by atoms with van der Waals surface area (Å²) in [6.45, 7) is 2.43. The molecule has 0 saturated heterocycles. The van der Waals surface area contributed by atoms with Crippen LogP contribution in [0.3, 0.4) is 0 Å². The molecule has 1 aromatic carbocycles. The largest absolute Gasteiger partial charge is 0.356 e. The predicted octanol–water partition coefficient (Wildman–Crippen LogP) is 0.789. The van der Waals surface area contributed by atoms with E-state index in [0.717, 1.165) is 30.7 Å². The van der Waals surface area contributed by atoms with Gasteiger partial charge in [-0.05, 0) is 18.6 Å². The highest BCUT2D eigenvalue weighted by Crippen LogP contribution is 2.15. The molecule has 0 aliphatic rings. The molecule has 0 saturated carbocycles. The van der Waals surface area contributed by atoms with Crippen LogP contribution in [0.15, 0.2) is 29.2 Å². The highest BCUT2D eigenvalue weighted by Gasteiger charge is 2.15. The van der Waals surface area contributed by atoms with E-state index in [1.807, 2.05) is 6.92 Å². The zero-order valence-corrected chi connectivity index (χ0v) is 12.4. The van der Waals surface area contributed by atoms with E-state index >= 15 is 0 Å². The molecule has 1 aromatic rings. The standard InChI is InChI=1S/C12H17N3O5S/c1-2-8-13-12(16)7-9-14-21(19,20)11-5-3-10(4-6-11)15(17)18/h3-6,14H,2,7-9H2,1H3,(H,13,16). The quantitative estimate of drug-likeness (QED) is 0.543. The molecule has 0 atom stereocenters. The Morgan fingerprint density at radius 1 is 1.24 bits per heavy atom. The zero-order valence-electron chi connectivity index (χ0n) is 11.5. The van der Waals surface area contributed by atoms with Crippen molar-refractivity contribution in [1.29, 1.82) is 0 Å². The van der Waals surface area contributed by atoms with E-state index < -0.39 is 14.9 Å². The molecule has 0 unspecified atom stereocenters. The fraction of sp³-hybridized carbons (Fsp3) is 0.417. The SMILES string of the molecule is CCCNC(=O)CCNS(=O)(=O)c1ccc([N+](=O)[O-])cc1. The number of carbonyl (C=O) groups is 1. The molecule has 0 fully saturated rings. The van der Waals surface area contributed by atoms with Crippen LogP contribution >= 0.6 is 0 Å². The Labute approximate surface area is 122 Å². The molecule has 0 heterocycles. The Bertz CT molecular complexity index is 598. The van der Waals surface area contributed by atoms with Crippen LogP contribution in [0, 0.1) is 10.1 Å². The maximum absolute atomic E-state index is 11.9. The first-order valence-electron chi connectivity index (χ1n) is 6.37. The normalized spacial score (nSPS) is 11.1. The van der Waals surface area contributed by atoms with Gasteiger partial charge in [0.2, 0.25) is 15.9 Å². The summed E-state index contributed by atoms with van der Waals surface area (Å²) >= 11 is 0. The molecule has 0 aliphatic carbocycles. The van der Waals surface area contributed by atoms with Crippen LogP contribution in [0.5, 0.6) is 0 Å². The minimum absolute atomic E-state index is 0.0329. The number of hydrogen-bond donors (Lipinski definition) is 2. The van der Waals surface area contributed by atoms with Crippen molar-refractivity contribution in [2.45, 2.75) is 24.7 Å². The molecular formula is C12H17N3O5S. The highest BCUT2D eigenvalue weighted by atomic mass is 32.2. The zero-order chi connectivity index (χ0) is 15.9. The lowest BCUT2D eigenvalue weighted by molar-refractivity contribution is -0.384. The molecule has 0 aromatic heterocycles. The Morgan fingerprint density at radius 3 is 2.38 bits per heavy atom. The van der Waals surface area contributed by atoms with E-state index in [9.17, 15) is 23.3 Å². The summed E-state index contributed by atoms with van der Waals surface area (Å²) in [6, 6.07) is 4.53. The van der Waals surface area contributed by atoms with Gasteiger partial charge in [0, 0.05) is 31.6 Å². The highest BCUT2D eigenvalue weighted by molar-refractivity contribution is 7.89. The van der Waals surface area contributed by atoms with Crippen molar-refractivity contribution in [2.24, 2.45) is 0 Å². The summed E-state index contributed by atoms with van der Waals surface area (Å²) in [5, 5.41) is 13.1. The third-order valence-electron chi connectivity index (χ3n) is 2.57. The van der Waals surface area contributed by atoms with Gasteiger partial charge >= 0.3 is 0 Å². The Hall–Kier alpha value is -2.00. The average molecular weight is 315 g/mol. The number of amides is 1. The maximum atomic E-state index is 11.9. The maximum Gasteiger partial charge on any atom is 0.269 e. The Morgan fingerprint density at radius 2 is 1.86 bits per heavy atom. The van der Waals surface area contributed by atoms with E-state index in [0.29, 0.717) is 6.54 Å². The number of nitro groups is 1. The topological polar surface area (TPSA) is 118 Å². The number of sulfonamides is 1. The van der Waals surface area contributed by atoms with Crippen LogP contribution in [0.1, 0.15) is 19.8 Å². The molecule has 2 N–H and O–H groups in total. The van der Waals surface area contributed by atoms with Gasteiger partial charge < -0.3 is 5.32 Å². The number of rotatable bonds is 8. The summed E-state index contributed by atoms with van der Waals surface area (Å²) in [6.07, 6.45) is 0.840.